The van der Waals surface area contributed by atoms with Gasteiger partial charge < -0.3 is 14.6 Å². The van der Waals surface area contributed by atoms with Gasteiger partial charge in [0.15, 0.2) is 0 Å². The van der Waals surface area contributed by atoms with Crippen LogP contribution in [0.25, 0.3) is 0 Å². The molecule has 4 heteroatoms. The molecule has 0 aliphatic heterocycles. The molecule has 0 aliphatic carbocycles. The summed E-state index contributed by atoms with van der Waals surface area (Å²) in [6.07, 6.45) is 1.67. The Hall–Kier alpha value is -2.49. The van der Waals surface area contributed by atoms with Crippen molar-refractivity contribution in [1.82, 2.24) is 0 Å². The first-order valence-corrected chi connectivity index (χ1v) is 7.24. The van der Waals surface area contributed by atoms with Crippen molar-refractivity contribution >= 4 is 5.97 Å². The minimum atomic E-state index is -0.199. The van der Waals surface area contributed by atoms with Crippen LogP contribution in [-0.2, 0) is 22.4 Å². The Bertz CT molecular complexity index is 587. The fraction of sp³-hybridized carbons (Fsp3) is 0.278. The summed E-state index contributed by atoms with van der Waals surface area (Å²) in [5.74, 6) is 0.843. The van der Waals surface area contributed by atoms with Gasteiger partial charge in [-0.15, -0.1) is 0 Å². The summed E-state index contributed by atoms with van der Waals surface area (Å²) in [5.41, 5.74) is 2.11. The van der Waals surface area contributed by atoms with Crippen LogP contribution in [-0.4, -0.2) is 24.8 Å². The molecule has 0 unspecified atom stereocenters. The molecule has 0 heterocycles. The number of esters is 1. The maximum absolute atomic E-state index is 11.7. The molecule has 0 aliphatic rings. The highest BCUT2D eigenvalue weighted by atomic mass is 16.5. The third-order valence-electron chi connectivity index (χ3n) is 3.37. The molecule has 0 fully saturated rings. The van der Waals surface area contributed by atoms with Crippen LogP contribution in [0.4, 0.5) is 0 Å². The Kier molecular flexibility index (Phi) is 5.83. The van der Waals surface area contributed by atoms with E-state index in [0.717, 1.165) is 16.9 Å². The maximum Gasteiger partial charge on any atom is 0.306 e. The van der Waals surface area contributed by atoms with Crippen LogP contribution >= 0.6 is 0 Å². The molecule has 0 bridgehead atoms. The molecule has 22 heavy (non-hydrogen) atoms. The van der Waals surface area contributed by atoms with E-state index in [1.54, 1.807) is 19.2 Å². The van der Waals surface area contributed by atoms with Gasteiger partial charge in [-0.1, -0.05) is 24.3 Å². The zero-order valence-corrected chi connectivity index (χ0v) is 12.6. The first-order chi connectivity index (χ1) is 10.7. The summed E-state index contributed by atoms with van der Waals surface area (Å²) < 4.78 is 10.3. The predicted octanol–water partition coefficient (Wildman–Crippen LogP) is 3.12. The number of aromatic hydroxyl groups is 1. The van der Waals surface area contributed by atoms with Crippen molar-refractivity contribution in [1.29, 1.82) is 0 Å². The van der Waals surface area contributed by atoms with Gasteiger partial charge in [0.25, 0.3) is 0 Å². The molecule has 2 aromatic carbocycles. The monoisotopic (exact) mass is 300 g/mol. The second kappa shape index (κ2) is 8.08. The lowest BCUT2D eigenvalue weighted by Gasteiger charge is -2.06. The number of aryl methyl sites for hydroxylation is 1. The molecule has 0 spiro atoms. The summed E-state index contributed by atoms with van der Waals surface area (Å²) in [5, 5.41) is 9.19. The molecule has 0 amide bonds. The van der Waals surface area contributed by atoms with E-state index in [1.807, 2.05) is 36.4 Å². The van der Waals surface area contributed by atoms with Crippen molar-refractivity contribution in [3.8, 4) is 11.5 Å². The zero-order valence-electron chi connectivity index (χ0n) is 12.6. The van der Waals surface area contributed by atoms with Crippen LogP contribution in [0.1, 0.15) is 17.5 Å². The van der Waals surface area contributed by atoms with E-state index >= 15 is 0 Å². The van der Waals surface area contributed by atoms with Crippen LogP contribution in [0.15, 0.2) is 48.5 Å². The number of methoxy groups -OCH3 is 1. The van der Waals surface area contributed by atoms with Crippen LogP contribution < -0.4 is 4.74 Å². The van der Waals surface area contributed by atoms with Gasteiger partial charge in [-0.2, -0.15) is 0 Å². The lowest BCUT2D eigenvalue weighted by molar-refractivity contribution is -0.143. The van der Waals surface area contributed by atoms with Crippen molar-refractivity contribution in [2.24, 2.45) is 0 Å². The number of ether oxygens (including phenoxy) is 2. The molecule has 116 valence electrons. The van der Waals surface area contributed by atoms with Crippen molar-refractivity contribution in [2.75, 3.05) is 13.7 Å². The van der Waals surface area contributed by atoms with Crippen molar-refractivity contribution < 1.29 is 19.4 Å². The molecule has 4 nitrogen and oxygen atoms in total. The Morgan fingerprint density at radius 2 is 1.55 bits per heavy atom. The average molecular weight is 300 g/mol. The fourth-order valence-electron chi connectivity index (χ4n) is 2.06. The SMILES string of the molecule is COc1ccc(CCC(=O)OCCc2ccc(O)cc2)cc1. The van der Waals surface area contributed by atoms with Crippen molar-refractivity contribution in [3.63, 3.8) is 0 Å². The quantitative estimate of drug-likeness (QED) is 0.798. The number of carbonyl (C=O) groups is 1. The van der Waals surface area contributed by atoms with Crippen molar-refractivity contribution in [3.05, 3.63) is 59.7 Å². The molecule has 2 rings (SSSR count). The molecule has 0 aromatic heterocycles. The molecular weight excluding hydrogens is 280 g/mol. The number of rotatable bonds is 7. The van der Waals surface area contributed by atoms with Gasteiger partial charge in [0.05, 0.1) is 13.7 Å². The number of phenols is 1. The van der Waals surface area contributed by atoms with Crippen LogP contribution in [0, 0.1) is 0 Å². The van der Waals surface area contributed by atoms with Crippen LogP contribution in [0.5, 0.6) is 11.5 Å². The lowest BCUT2D eigenvalue weighted by atomic mass is 10.1. The second-order valence-corrected chi connectivity index (χ2v) is 4.98. The van der Waals surface area contributed by atoms with Gasteiger partial charge in [-0.3, -0.25) is 4.79 Å². The minimum Gasteiger partial charge on any atom is -0.508 e. The summed E-state index contributed by atoms with van der Waals surface area (Å²) in [6.45, 7) is 0.353. The number of phenolic OH excluding ortho intramolecular Hbond substituents is 1. The van der Waals surface area contributed by atoms with Gasteiger partial charge in [-0.05, 0) is 41.8 Å². The van der Waals surface area contributed by atoms with E-state index in [2.05, 4.69) is 0 Å². The van der Waals surface area contributed by atoms with E-state index in [1.165, 1.54) is 0 Å². The molecule has 0 saturated heterocycles. The van der Waals surface area contributed by atoms with E-state index in [9.17, 15) is 9.90 Å². The highest BCUT2D eigenvalue weighted by Crippen LogP contribution is 2.13. The first-order valence-electron chi connectivity index (χ1n) is 7.24. The van der Waals surface area contributed by atoms with Gasteiger partial charge in [0, 0.05) is 12.8 Å². The molecular formula is C18H20O4. The maximum atomic E-state index is 11.7. The van der Waals surface area contributed by atoms with Crippen molar-refractivity contribution in [2.45, 2.75) is 19.3 Å². The fourth-order valence-corrected chi connectivity index (χ4v) is 2.06. The highest BCUT2D eigenvalue weighted by molar-refractivity contribution is 5.69. The summed E-state index contributed by atoms with van der Waals surface area (Å²) >= 11 is 0. The van der Waals surface area contributed by atoms with Gasteiger partial charge in [-0.25, -0.2) is 0 Å². The predicted molar refractivity (Wildman–Crippen MR) is 84.1 cm³/mol. The summed E-state index contributed by atoms with van der Waals surface area (Å²) in [7, 11) is 1.63. The molecule has 0 saturated carbocycles. The number of carbonyl (C=O) groups excluding carboxylic acids is 1. The molecule has 1 N–H and O–H groups in total. The van der Waals surface area contributed by atoms with Crippen LogP contribution in [0.3, 0.4) is 0 Å². The Balaban J connectivity index is 1.68. The molecule has 0 atom stereocenters. The third kappa shape index (κ3) is 5.13. The van der Waals surface area contributed by atoms with Crippen LogP contribution in [0.2, 0.25) is 0 Å². The van der Waals surface area contributed by atoms with E-state index in [4.69, 9.17) is 9.47 Å². The van der Waals surface area contributed by atoms with E-state index in [0.29, 0.717) is 25.9 Å². The Morgan fingerprint density at radius 3 is 2.18 bits per heavy atom. The van der Waals surface area contributed by atoms with Gasteiger partial charge in [0.2, 0.25) is 0 Å². The smallest absolute Gasteiger partial charge is 0.306 e. The number of hydrogen-bond donors (Lipinski definition) is 1. The summed E-state index contributed by atoms with van der Waals surface area (Å²) in [4.78, 5) is 11.7. The zero-order chi connectivity index (χ0) is 15.8. The van der Waals surface area contributed by atoms with E-state index in [-0.39, 0.29) is 11.7 Å². The number of benzene rings is 2. The topological polar surface area (TPSA) is 55.8 Å². The minimum absolute atomic E-state index is 0.199. The van der Waals surface area contributed by atoms with E-state index < -0.39 is 0 Å². The highest BCUT2D eigenvalue weighted by Gasteiger charge is 2.04. The largest absolute Gasteiger partial charge is 0.508 e. The second-order valence-electron chi connectivity index (χ2n) is 4.98. The summed E-state index contributed by atoms with van der Waals surface area (Å²) in [6, 6.07) is 14.5. The Labute approximate surface area is 130 Å². The molecule has 0 radical (unpaired) electrons. The first kappa shape index (κ1) is 15.9. The molecule has 2 aromatic rings. The van der Waals surface area contributed by atoms with Gasteiger partial charge >= 0.3 is 5.97 Å². The standard InChI is InChI=1S/C18H20O4/c1-21-17-9-4-14(5-10-17)6-11-18(20)22-13-12-15-2-7-16(19)8-3-15/h2-5,7-10,19H,6,11-13H2,1H3. The third-order valence-corrected chi connectivity index (χ3v) is 3.37. The number of hydrogen-bond acceptors (Lipinski definition) is 4. The van der Waals surface area contributed by atoms with Gasteiger partial charge in [0.1, 0.15) is 11.5 Å². The average Bonchev–Trinajstić information content (AvgIpc) is 2.55. The lowest BCUT2D eigenvalue weighted by Crippen LogP contribution is -2.08. The Morgan fingerprint density at radius 1 is 0.955 bits per heavy atom. The normalized spacial score (nSPS) is 10.2.